The zero-order chi connectivity index (χ0) is 23.7. The molecule has 0 bridgehead atoms. The van der Waals surface area contributed by atoms with Crippen LogP contribution in [0.25, 0.3) is 10.1 Å². The van der Waals surface area contributed by atoms with Crippen LogP contribution in [0.2, 0.25) is 0 Å². The number of rotatable bonds is 6. The van der Waals surface area contributed by atoms with E-state index in [-0.39, 0.29) is 18.0 Å². The number of carbonyl (C=O) groups is 3. The minimum atomic E-state index is -1.09. The number of Topliss-reactive ketones (excluding diaryl/α,β-unsaturated/α-hetero) is 1. The number of ketones is 1. The maximum absolute atomic E-state index is 13.4. The number of allylic oxidation sites excluding steroid dienone is 3. The molecule has 168 valence electrons. The van der Waals surface area contributed by atoms with Gasteiger partial charge in [0.05, 0.1) is 11.1 Å². The third-order valence-corrected chi connectivity index (χ3v) is 6.77. The predicted molar refractivity (Wildman–Crippen MR) is 127 cm³/mol. The first-order valence-corrected chi connectivity index (χ1v) is 11.3. The average molecular weight is 462 g/mol. The minimum absolute atomic E-state index is 0.0818. The second-order valence-electron chi connectivity index (χ2n) is 7.92. The molecule has 2 aromatic carbocycles. The number of esters is 1. The van der Waals surface area contributed by atoms with E-state index in [2.05, 4.69) is 5.32 Å². The number of hydrogen-bond acceptors (Lipinski definition) is 6. The molecule has 4 rings (SSSR count). The lowest BCUT2D eigenvalue weighted by atomic mass is 9.79. The van der Waals surface area contributed by atoms with E-state index in [1.807, 2.05) is 36.6 Å². The van der Waals surface area contributed by atoms with Crippen molar-refractivity contribution in [2.45, 2.75) is 33.3 Å². The highest BCUT2D eigenvalue weighted by Crippen LogP contribution is 2.43. The highest BCUT2D eigenvalue weighted by molar-refractivity contribution is 7.17. The standard InChI is InChI=1S/C26H23NO5S/c1-14-22(16(3)28)24(20-13-33-21-11-7-6-10-19(20)21)23(15(2)27-14)26(31)32-12-17-8-4-5-9-18(17)25(29)30/h4-11,13,24,27H,12H2,1-3H3,(H,29,30). The molecule has 1 atom stereocenters. The van der Waals surface area contributed by atoms with Gasteiger partial charge in [-0.15, -0.1) is 11.3 Å². The number of ether oxygens (including phenoxy) is 1. The summed E-state index contributed by atoms with van der Waals surface area (Å²) in [5.41, 5.74) is 3.53. The van der Waals surface area contributed by atoms with Gasteiger partial charge in [-0.1, -0.05) is 36.4 Å². The molecule has 0 fully saturated rings. The first kappa shape index (κ1) is 22.5. The summed E-state index contributed by atoms with van der Waals surface area (Å²) in [4.78, 5) is 37.6. The number of fused-ring (bicyclic) bond motifs is 1. The van der Waals surface area contributed by atoms with E-state index in [9.17, 15) is 19.5 Å². The van der Waals surface area contributed by atoms with Crippen molar-refractivity contribution in [3.8, 4) is 0 Å². The van der Waals surface area contributed by atoms with Crippen LogP contribution >= 0.6 is 11.3 Å². The first-order valence-electron chi connectivity index (χ1n) is 10.4. The minimum Gasteiger partial charge on any atom is -0.478 e. The van der Waals surface area contributed by atoms with Gasteiger partial charge in [0.2, 0.25) is 0 Å². The topological polar surface area (TPSA) is 92.7 Å². The number of carboxylic acids is 1. The second-order valence-corrected chi connectivity index (χ2v) is 8.83. The Morgan fingerprint density at radius 3 is 2.39 bits per heavy atom. The maximum atomic E-state index is 13.4. The van der Waals surface area contributed by atoms with Crippen molar-refractivity contribution < 1.29 is 24.2 Å². The first-order chi connectivity index (χ1) is 15.8. The van der Waals surface area contributed by atoms with Crippen molar-refractivity contribution >= 4 is 39.1 Å². The van der Waals surface area contributed by atoms with Crippen LogP contribution in [0.3, 0.4) is 0 Å². The van der Waals surface area contributed by atoms with Crippen LogP contribution in [0.4, 0.5) is 0 Å². The zero-order valence-corrected chi connectivity index (χ0v) is 19.3. The fourth-order valence-corrected chi connectivity index (χ4v) is 5.33. The van der Waals surface area contributed by atoms with Gasteiger partial charge in [-0.3, -0.25) is 4.79 Å². The molecular formula is C26H23NO5S. The van der Waals surface area contributed by atoms with Gasteiger partial charge in [0.15, 0.2) is 5.78 Å². The summed E-state index contributed by atoms with van der Waals surface area (Å²) in [5.74, 6) is -2.39. The Labute approximate surface area is 195 Å². The number of carboxylic acid groups (broad SMARTS) is 1. The summed E-state index contributed by atoms with van der Waals surface area (Å²) in [6, 6.07) is 14.3. The fraction of sp³-hybridized carbons (Fsp3) is 0.192. The molecule has 0 saturated heterocycles. The molecule has 1 unspecified atom stereocenters. The molecular weight excluding hydrogens is 438 g/mol. The summed E-state index contributed by atoms with van der Waals surface area (Å²) in [6.45, 7) is 4.92. The third kappa shape index (κ3) is 4.19. The predicted octanol–water partition coefficient (Wildman–Crippen LogP) is 5.17. The van der Waals surface area contributed by atoms with Crippen LogP contribution in [-0.4, -0.2) is 22.8 Å². The second kappa shape index (κ2) is 9.03. The Kier molecular flexibility index (Phi) is 6.16. The number of dihydropyridines is 1. The van der Waals surface area contributed by atoms with Gasteiger partial charge < -0.3 is 15.2 Å². The fourth-order valence-electron chi connectivity index (χ4n) is 4.34. The van der Waals surface area contributed by atoms with E-state index in [0.29, 0.717) is 28.1 Å². The van der Waals surface area contributed by atoms with Gasteiger partial charge in [0.1, 0.15) is 6.61 Å². The van der Waals surface area contributed by atoms with Crippen LogP contribution in [0.15, 0.2) is 76.5 Å². The highest BCUT2D eigenvalue weighted by atomic mass is 32.1. The van der Waals surface area contributed by atoms with Crippen molar-refractivity contribution in [2.75, 3.05) is 0 Å². The number of aromatic carboxylic acids is 1. The van der Waals surface area contributed by atoms with Crippen LogP contribution in [0, 0.1) is 0 Å². The number of carbonyl (C=O) groups excluding carboxylic acids is 2. The Hall–Kier alpha value is -3.71. The molecule has 1 aliphatic heterocycles. The summed E-state index contributed by atoms with van der Waals surface area (Å²) in [7, 11) is 0. The van der Waals surface area contributed by atoms with Gasteiger partial charge in [0.25, 0.3) is 0 Å². The van der Waals surface area contributed by atoms with E-state index >= 15 is 0 Å². The molecule has 2 heterocycles. The van der Waals surface area contributed by atoms with Crippen LogP contribution in [-0.2, 0) is 20.9 Å². The molecule has 0 saturated carbocycles. The summed E-state index contributed by atoms with van der Waals surface area (Å²) in [6.07, 6.45) is 0. The van der Waals surface area contributed by atoms with Gasteiger partial charge in [-0.05, 0) is 49.2 Å². The normalized spacial score (nSPS) is 16.0. The monoisotopic (exact) mass is 461 g/mol. The smallest absolute Gasteiger partial charge is 0.337 e. The molecule has 7 heteroatoms. The summed E-state index contributed by atoms with van der Waals surface area (Å²) in [5, 5.41) is 15.5. The van der Waals surface area contributed by atoms with Crippen molar-refractivity contribution in [2.24, 2.45) is 0 Å². The van der Waals surface area contributed by atoms with Crippen LogP contribution in [0.1, 0.15) is 48.2 Å². The number of thiophene rings is 1. The lowest BCUT2D eigenvalue weighted by Crippen LogP contribution is -2.31. The van der Waals surface area contributed by atoms with Crippen LogP contribution in [0.5, 0.6) is 0 Å². The molecule has 33 heavy (non-hydrogen) atoms. The lowest BCUT2D eigenvalue weighted by molar-refractivity contribution is -0.140. The van der Waals surface area contributed by atoms with E-state index in [1.54, 1.807) is 36.5 Å². The number of nitrogens with one attached hydrogen (secondary N) is 1. The molecule has 2 N–H and O–H groups in total. The Balaban J connectivity index is 1.75. The maximum Gasteiger partial charge on any atom is 0.337 e. The molecule has 1 aromatic heterocycles. The molecule has 0 aliphatic carbocycles. The quantitative estimate of drug-likeness (QED) is 0.492. The summed E-state index contributed by atoms with van der Waals surface area (Å²) < 4.78 is 6.66. The molecule has 0 spiro atoms. The van der Waals surface area contributed by atoms with Gasteiger partial charge in [-0.25, -0.2) is 9.59 Å². The van der Waals surface area contributed by atoms with Gasteiger partial charge >= 0.3 is 11.9 Å². The van der Waals surface area contributed by atoms with Crippen molar-refractivity contribution in [1.82, 2.24) is 5.32 Å². The number of benzene rings is 2. The van der Waals surface area contributed by atoms with Gasteiger partial charge in [0, 0.05) is 33.1 Å². The molecule has 6 nitrogen and oxygen atoms in total. The highest BCUT2D eigenvalue weighted by Gasteiger charge is 2.37. The van der Waals surface area contributed by atoms with Crippen molar-refractivity contribution in [3.63, 3.8) is 0 Å². The Bertz CT molecular complexity index is 1350. The Morgan fingerprint density at radius 1 is 1.00 bits per heavy atom. The SMILES string of the molecule is CC(=O)C1=C(C)NC(C)=C(C(=O)OCc2ccccc2C(=O)O)C1c1csc2ccccc12. The third-order valence-electron chi connectivity index (χ3n) is 5.79. The van der Waals surface area contributed by atoms with Crippen molar-refractivity contribution in [3.05, 3.63) is 93.1 Å². The largest absolute Gasteiger partial charge is 0.478 e. The van der Waals surface area contributed by atoms with E-state index < -0.39 is 17.9 Å². The van der Waals surface area contributed by atoms with E-state index in [1.165, 1.54) is 13.0 Å². The number of hydrogen-bond donors (Lipinski definition) is 2. The average Bonchev–Trinajstić information content (AvgIpc) is 3.20. The molecule has 0 radical (unpaired) electrons. The van der Waals surface area contributed by atoms with Gasteiger partial charge in [-0.2, -0.15) is 0 Å². The lowest BCUT2D eigenvalue weighted by Gasteiger charge is -2.30. The van der Waals surface area contributed by atoms with E-state index in [4.69, 9.17) is 4.74 Å². The van der Waals surface area contributed by atoms with E-state index in [0.717, 1.165) is 15.6 Å². The zero-order valence-electron chi connectivity index (χ0n) is 18.5. The van der Waals surface area contributed by atoms with Crippen molar-refractivity contribution in [1.29, 1.82) is 0 Å². The Morgan fingerprint density at radius 2 is 1.67 bits per heavy atom. The molecule has 3 aromatic rings. The molecule has 1 aliphatic rings. The van der Waals surface area contributed by atoms with Crippen LogP contribution < -0.4 is 5.32 Å². The molecule has 0 amide bonds. The summed E-state index contributed by atoms with van der Waals surface area (Å²) >= 11 is 1.56.